The summed E-state index contributed by atoms with van der Waals surface area (Å²) in [7, 11) is 1.45. The molecule has 35 heavy (non-hydrogen) atoms. The molecule has 0 bridgehead atoms. The number of para-hydroxylation sites is 2. The highest BCUT2D eigenvalue weighted by Gasteiger charge is 2.75. The summed E-state index contributed by atoms with van der Waals surface area (Å²) in [5.41, 5.74) is 0.0904. The van der Waals surface area contributed by atoms with Crippen LogP contribution in [0, 0.1) is 18.8 Å². The molecule has 2 amide bonds. The zero-order chi connectivity index (χ0) is 24.5. The minimum Gasteiger partial charge on any atom is -0.495 e. The molecule has 2 fully saturated rings. The molecule has 0 unspecified atom stereocenters. The second kappa shape index (κ2) is 7.45. The van der Waals surface area contributed by atoms with Crippen molar-refractivity contribution in [3.63, 3.8) is 0 Å². The lowest BCUT2D eigenvalue weighted by molar-refractivity contribution is -0.127. The Morgan fingerprint density at radius 1 is 0.800 bits per heavy atom. The maximum atomic E-state index is 14.0. The number of methoxy groups -OCH3 is 1. The van der Waals surface area contributed by atoms with Crippen molar-refractivity contribution in [3.05, 3.63) is 95.1 Å². The normalized spacial score (nSPS) is 24.3. The number of ketones is 2. The van der Waals surface area contributed by atoms with Crippen LogP contribution in [0.4, 0.5) is 5.69 Å². The molecule has 3 atom stereocenters. The molecular weight excluding hydrogens is 446 g/mol. The van der Waals surface area contributed by atoms with Gasteiger partial charge in [-0.1, -0.05) is 60.7 Å². The van der Waals surface area contributed by atoms with E-state index in [0.717, 1.165) is 10.5 Å². The van der Waals surface area contributed by atoms with E-state index in [1.165, 1.54) is 7.11 Å². The zero-order valence-corrected chi connectivity index (χ0v) is 19.1. The number of ether oxygens (including phenoxy) is 2. The lowest BCUT2D eigenvalue weighted by Gasteiger charge is -2.28. The fourth-order valence-corrected chi connectivity index (χ4v) is 5.76. The van der Waals surface area contributed by atoms with Crippen LogP contribution in [0.15, 0.2) is 72.8 Å². The fraction of sp³-hybridized carbons (Fsp3) is 0.214. The number of anilines is 1. The second-order valence-electron chi connectivity index (χ2n) is 9.02. The number of imide groups is 1. The van der Waals surface area contributed by atoms with Crippen LogP contribution in [0.25, 0.3) is 0 Å². The van der Waals surface area contributed by atoms with E-state index in [1.807, 2.05) is 19.1 Å². The van der Waals surface area contributed by atoms with E-state index in [9.17, 15) is 19.2 Å². The number of amides is 2. The molecule has 2 saturated heterocycles. The zero-order valence-electron chi connectivity index (χ0n) is 19.1. The number of aryl methyl sites for hydroxylation is 1. The van der Waals surface area contributed by atoms with Crippen molar-refractivity contribution in [2.45, 2.75) is 18.6 Å². The molecule has 0 aromatic heterocycles. The standard InChI is InChI=1S/C28H21NO6/c1-15-9-3-4-10-16(15)23-21-22(27(33)29(26(21)32)19-13-7-8-14-20(19)34-2)28(35-23)24(30)17-11-5-6-12-18(17)25(28)31/h3-14,21-23H,1-2H3/t21-,22-,23-/m0/s1. The van der Waals surface area contributed by atoms with Crippen LogP contribution in [0.5, 0.6) is 5.75 Å². The summed E-state index contributed by atoms with van der Waals surface area (Å²) in [5.74, 6) is -4.32. The van der Waals surface area contributed by atoms with Crippen molar-refractivity contribution in [3.8, 4) is 5.75 Å². The van der Waals surface area contributed by atoms with Gasteiger partial charge in [-0.2, -0.15) is 0 Å². The highest BCUT2D eigenvalue weighted by Crippen LogP contribution is 2.58. The monoisotopic (exact) mass is 467 g/mol. The maximum absolute atomic E-state index is 14.0. The number of rotatable bonds is 3. The Balaban J connectivity index is 1.57. The first-order chi connectivity index (χ1) is 16.9. The van der Waals surface area contributed by atoms with Crippen molar-refractivity contribution in [1.29, 1.82) is 0 Å². The van der Waals surface area contributed by atoms with Gasteiger partial charge >= 0.3 is 0 Å². The van der Waals surface area contributed by atoms with Crippen LogP contribution in [-0.4, -0.2) is 36.1 Å². The molecule has 0 saturated carbocycles. The maximum Gasteiger partial charge on any atom is 0.241 e. The third-order valence-electron chi connectivity index (χ3n) is 7.34. The molecule has 174 valence electrons. The lowest BCUT2D eigenvalue weighted by Crippen LogP contribution is -2.51. The molecule has 2 aliphatic heterocycles. The van der Waals surface area contributed by atoms with E-state index in [-0.39, 0.29) is 16.8 Å². The van der Waals surface area contributed by atoms with Gasteiger partial charge in [0.1, 0.15) is 5.75 Å². The summed E-state index contributed by atoms with van der Waals surface area (Å²) >= 11 is 0. The van der Waals surface area contributed by atoms with Gasteiger partial charge in [0, 0.05) is 11.1 Å². The van der Waals surface area contributed by atoms with E-state index in [0.29, 0.717) is 11.3 Å². The summed E-state index contributed by atoms with van der Waals surface area (Å²) in [6, 6.07) is 20.5. The highest BCUT2D eigenvalue weighted by atomic mass is 16.5. The largest absolute Gasteiger partial charge is 0.495 e. The predicted molar refractivity (Wildman–Crippen MR) is 125 cm³/mol. The molecule has 1 spiro atoms. The van der Waals surface area contributed by atoms with Crippen LogP contribution < -0.4 is 9.64 Å². The Hall–Kier alpha value is -4.10. The third-order valence-corrected chi connectivity index (χ3v) is 7.34. The Bertz CT molecular complexity index is 1410. The minimum atomic E-state index is -2.09. The lowest BCUT2D eigenvalue weighted by atomic mass is 9.77. The van der Waals surface area contributed by atoms with Crippen molar-refractivity contribution in [2.75, 3.05) is 12.0 Å². The summed E-state index contributed by atoms with van der Waals surface area (Å²) in [6.07, 6.45) is -0.945. The highest BCUT2D eigenvalue weighted by molar-refractivity contribution is 6.37. The van der Waals surface area contributed by atoms with E-state index < -0.39 is 46.9 Å². The number of Topliss-reactive ketones (excluding diaryl/α,β-unsaturated/α-hetero) is 2. The number of hydrogen-bond acceptors (Lipinski definition) is 6. The van der Waals surface area contributed by atoms with Crippen molar-refractivity contribution < 1.29 is 28.7 Å². The molecule has 3 aromatic carbocycles. The third kappa shape index (κ3) is 2.64. The topological polar surface area (TPSA) is 90.0 Å². The molecule has 1 aliphatic carbocycles. The van der Waals surface area contributed by atoms with Gasteiger partial charge in [-0.15, -0.1) is 0 Å². The average molecular weight is 467 g/mol. The molecule has 3 aliphatic rings. The Labute approximate surface area is 201 Å². The SMILES string of the molecule is COc1ccccc1N1C(=O)[C@H]2[C@@H](C1=O)C1(O[C@H]2c2ccccc2C)C(=O)c2ccccc2C1=O. The van der Waals surface area contributed by atoms with Crippen LogP contribution in [0.3, 0.4) is 0 Å². The van der Waals surface area contributed by atoms with E-state index >= 15 is 0 Å². The number of hydrogen-bond donors (Lipinski definition) is 0. The first-order valence-electron chi connectivity index (χ1n) is 11.3. The van der Waals surface area contributed by atoms with Crippen LogP contribution in [-0.2, 0) is 14.3 Å². The van der Waals surface area contributed by atoms with Gasteiger partial charge < -0.3 is 9.47 Å². The Morgan fingerprint density at radius 2 is 1.40 bits per heavy atom. The smallest absolute Gasteiger partial charge is 0.241 e. The molecule has 6 rings (SSSR count). The molecule has 2 heterocycles. The van der Waals surface area contributed by atoms with Crippen LogP contribution in [0.1, 0.15) is 37.9 Å². The van der Waals surface area contributed by atoms with Gasteiger partial charge in [-0.25, -0.2) is 4.90 Å². The molecule has 3 aromatic rings. The van der Waals surface area contributed by atoms with Gasteiger partial charge in [-0.05, 0) is 30.2 Å². The first-order valence-corrected chi connectivity index (χ1v) is 11.3. The number of nitrogens with zero attached hydrogens (tertiary/aromatic N) is 1. The predicted octanol–water partition coefficient (Wildman–Crippen LogP) is 3.70. The van der Waals surface area contributed by atoms with Crippen molar-refractivity contribution in [2.24, 2.45) is 11.8 Å². The van der Waals surface area contributed by atoms with Crippen molar-refractivity contribution in [1.82, 2.24) is 0 Å². The molecule has 0 N–H and O–H groups in total. The van der Waals surface area contributed by atoms with E-state index in [1.54, 1.807) is 60.7 Å². The van der Waals surface area contributed by atoms with Gasteiger partial charge in [-0.3, -0.25) is 19.2 Å². The number of benzene rings is 3. The summed E-state index contributed by atoms with van der Waals surface area (Å²) < 4.78 is 11.7. The summed E-state index contributed by atoms with van der Waals surface area (Å²) in [4.78, 5) is 56.6. The molecule has 7 heteroatoms. The quantitative estimate of drug-likeness (QED) is 0.431. The molecule has 0 radical (unpaired) electrons. The van der Waals surface area contributed by atoms with Crippen LogP contribution >= 0.6 is 0 Å². The van der Waals surface area contributed by atoms with Gasteiger partial charge in [0.2, 0.25) is 29.0 Å². The summed E-state index contributed by atoms with van der Waals surface area (Å²) in [6.45, 7) is 1.87. The fourth-order valence-electron chi connectivity index (χ4n) is 5.76. The first kappa shape index (κ1) is 21.4. The number of fused-ring (bicyclic) bond motifs is 3. The van der Waals surface area contributed by atoms with E-state index in [4.69, 9.17) is 9.47 Å². The van der Waals surface area contributed by atoms with Crippen molar-refractivity contribution >= 4 is 29.1 Å². The van der Waals surface area contributed by atoms with Gasteiger partial charge in [0.05, 0.1) is 30.7 Å². The Morgan fingerprint density at radius 3 is 2.06 bits per heavy atom. The minimum absolute atomic E-state index is 0.206. The molecular formula is C28H21NO6. The van der Waals surface area contributed by atoms with Crippen LogP contribution in [0.2, 0.25) is 0 Å². The molecule has 7 nitrogen and oxygen atoms in total. The second-order valence-corrected chi connectivity index (χ2v) is 9.02. The summed E-state index contributed by atoms with van der Waals surface area (Å²) in [5, 5.41) is 0. The van der Waals surface area contributed by atoms with Gasteiger partial charge in [0.15, 0.2) is 0 Å². The average Bonchev–Trinajstić information content (AvgIpc) is 3.44. The Kier molecular flexibility index (Phi) is 4.56. The number of carbonyl (C=O) groups excluding carboxylic acids is 4. The number of carbonyl (C=O) groups is 4. The van der Waals surface area contributed by atoms with E-state index in [2.05, 4.69) is 0 Å². The van der Waals surface area contributed by atoms with Gasteiger partial charge in [0.25, 0.3) is 0 Å².